The minimum atomic E-state index is -0.501. The van der Waals surface area contributed by atoms with Gasteiger partial charge < -0.3 is 10.1 Å². The van der Waals surface area contributed by atoms with Crippen LogP contribution in [0.1, 0.15) is 29.3 Å². The van der Waals surface area contributed by atoms with Crippen LogP contribution >= 0.6 is 0 Å². The molecule has 0 saturated carbocycles. The molecule has 2 aromatic rings. The second-order valence-corrected chi connectivity index (χ2v) is 4.65. The van der Waals surface area contributed by atoms with Gasteiger partial charge in [0.25, 0.3) is 0 Å². The number of rotatable bonds is 6. The first-order valence-corrected chi connectivity index (χ1v) is 6.77. The number of aryl methyl sites for hydroxylation is 1. The first-order valence-electron chi connectivity index (χ1n) is 6.77. The van der Waals surface area contributed by atoms with Crippen LogP contribution < -0.4 is 5.32 Å². The first kappa shape index (κ1) is 15.0. The summed E-state index contributed by atoms with van der Waals surface area (Å²) in [7, 11) is 1.30. The molecule has 2 rings (SSSR count). The van der Waals surface area contributed by atoms with E-state index in [0.29, 0.717) is 17.8 Å². The van der Waals surface area contributed by atoms with Gasteiger partial charge >= 0.3 is 5.97 Å². The summed E-state index contributed by atoms with van der Waals surface area (Å²) in [4.78, 5) is 11.6. The fourth-order valence-corrected chi connectivity index (χ4v) is 2.00. The lowest BCUT2D eigenvalue weighted by Crippen LogP contribution is -2.08. The molecule has 5 nitrogen and oxygen atoms in total. The third kappa shape index (κ3) is 3.81. The van der Waals surface area contributed by atoms with Crippen molar-refractivity contribution in [3.63, 3.8) is 0 Å². The van der Waals surface area contributed by atoms with E-state index in [0.717, 1.165) is 18.5 Å². The van der Waals surface area contributed by atoms with E-state index in [4.69, 9.17) is 0 Å². The number of nitrogens with zero attached hydrogens (tertiary/aromatic N) is 2. The Hall–Kier alpha value is -2.37. The van der Waals surface area contributed by atoms with Crippen LogP contribution in [0.5, 0.6) is 0 Å². The van der Waals surface area contributed by atoms with Crippen molar-refractivity contribution in [3.8, 4) is 0 Å². The highest BCUT2D eigenvalue weighted by Crippen LogP contribution is 2.19. The summed E-state index contributed by atoms with van der Waals surface area (Å²) in [5, 5.41) is 7.27. The van der Waals surface area contributed by atoms with Gasteiger partial charge in [0.2, 0.25) is 0 Å². The van der Waals surface area contributed by atoms with Gasteiger partial charge in [-0.3, -0.25) is 4.68 Å². The van der Waals surface area contributed by atoms with Crippen LogP contribution in [0, 0.1) is 5.82 Å². The molecule has 0 unspecified atom stereocenters. The average Bonchev–Trinajstić information content (AvgIpc) is 2.92. The number of hydrogen-bond acceptors (Lipinski definition) is 4. The van der Waals surface area contributed by atoms with E-state index in [1.165, 1.54) is 25.3 Å². The summed E-state index contributed by atoms with van der Waals surface area (Å²) >= 11 is 0. The van der Waals surface area contributed by atoms with Crippen molar-refractivity contribution in [3.05, 3.63) is 47.5 Å². The van der Waals surface area contributed by atoms with Crippen LogP contribution in [0.4, 0.5) is 10.1 Å². The third-order valence-electron chi connectivity index (χ3n) is 3.01. The number of esters is 1. The molecule has 1 N–H and O–H groups in total. The zero-order valence-electron chi connectivity index (χ0n) is 12.1. The summed E-state index contributed by atoms with van der Waals surface area (Å²) in [6.07, 6.45) is 4.68. The van der Waals surface area contributed by atoms with Gasteiger partial charge in [-0.05, 0) is 24.6 Å². The minimum absolute atomic E-state index is 0.305. The predicted octanol–water partition coefficient (Wildman–Crippen LogP) is 2.83. The Balaban J connectivity index is 2.11. The Morgan fingerprint density at radius 3 is 3.00 bits per heavy atom. The van der Waals surface area contributed by atoms with Crippen molar-refractivity contribution in [1.29, 1.82) is 0 Å². The Kier molecular flexibility index (Phi) is 4.92. The van der Waals surface area contributed by atoms with E-state index in [-0.39, 0.29) is 0 Å². The molecule has 6 heteroatoms. The zero-order valence-corrected chi connectivity index (χ0v) is 12.1. The highest BCUT2D eigenvalue weighted by molar-refractivity contribution is 5.95. The number of hydrogen-bond donors (Lipinski definition) is 1. The molecule has 0 spiro atoms. The minimum Gasteiger partial charge on any atom is -0.465 e. The number of benzene rings is 1. The van der Waals surface area contributed by atoms with Crippen LogP contribution in [0.2, 0.25) is 0 Å². The average molecular weight is 291 g/mol. The van der Waals surface area contributed by atoms with Gasteiger partial charge in [0.05, 0.1) is 24.6 Å². The number of methoxy groups -OCH3 is 1. The topological polar surface area (TPSA) is 56.2 Å². The lowest BCUT2D eigenvalue weighted by molar-refractivity contribution is 0.0602. The van der Waals surface area contributed by atoms with Crippen LogP contribution in [-0.2, 0) is 17.8 Å². The predicted molar refractivity (Wildman–Crippen MR) is 77.6 cm³/mol. The molecule has 0 fully saturated rings. The highest BCUT2D eigenvalue weighted by atomic mass is 19.1. The zero-order chi connectivity index (χ0) is 15.2. The summed E-state index contributed by atoms with van der Waals surface area (Å²) in [5.41, 5.74) is 1.67. The van der Waals surface area contributed by atoms with Crippen molar-refractivity contribution in [2.75, 3.05) is 12.4 Å². The van der Waals surface area contributed by atoms with Gasteiger partial charge in [-0.25, -0.2) is 9.18 Å². The molecule has 0 aliphatic rings. The molecule has 0 aliphatic heterocycles. The maximum Gasteiger partial charge on any atom is 0.339 e. The smallest absolute Gasteiger partial charge is 0.339 e. The fourth-order valence-electron chi connectivity index (χ4n) is 2.00. The molecule has 1 heterocycles. The lowest BCUT2D eigenvalue weighted by atomic mass is 10.1. The van der Waals surface area contributed by atoms with Crippen molar-refractivity contribution in [1.82, 2.24) is 9.78 Å². The van der Waals surface area contributed by atoms with E-state index < -0.39 is 11.8 Å². The lowest BCUT2D eigenvalue weighted by Gasteiger charge is -2.10. The quantitative estimate of drug-likeness (QED) is 0.831. The van der Waals surface area contributed by atoms with E-state index in [1.54, 1.807) is 6.20 Å². The number of ether oxygens (including phenoxy) is 1. The number of anilines is 1. The van der Waals surface area contributed by atoms with Gasteiger partial charge in [0.15, 0.2) is 0 Å². The van der Waals surface area contributed by atoms with Crippen LogP contribution in [-0.4, -0.2) is 22.9 Å². The van der Waals surface area contributed by atoms with Crippen molar-refractivity contribution < 1.29 is 13.9 Å². The molecule has 21 heavy (non-hydrogen) atoms. The molecule has 0 aliphatic carbocycles. The van der Waals surface area contributed by atoms with Gasteiger partial charge in [-0.15, -0.1) is 0 Å². The van der Waals surface area contributed by atoms with Crippen molar-refractivity contribution >= 4 is 11.7 Å². The number of carbonyl (C=O) groups excluding carboxylic acids is 1. The molecule has 0 saturated heterocycles. The normalized spacial score (nSPS) is 10.4. The Bertz CT molecular complexity index is 625. The van der Waals surface area contributed by atoms with E-state index >= 15 is 0 Å². The Labute approximate surface area is 122 Å². The molecule has 112 valence electrons. The maximum absolute atomic E-state index is 13.3. The number of aromatic nitrogens is 2. The van der Waals surface area contributed by atoms with E-state index in [9.17, 15) is 9.18 Å². The van der Waals surface area contributed by atoms with E-state index in [2.05, 4.69) is 22.1 Å². The third-order valence-corrected chi connectivity index (χ3v) is 3.01. The van der Waals surface area contributed by atoms with Crippen LogP contribution in [0.25, 0.3) is 0 Å². The first-order chi connectivity index (χ1) is 10.1. The Morgan fingerprint density at radius 1 is 1.48 bits per heavy atom. The maximum atomic E-state index is 13.3. The molecule has 0 radical (unpaired) electrons. The molecule has 1 aromatic heterocycles. The van der Waals surface area contributed by atoms with Gasteiger partial charge in [0, 0.05) is 24.8 Å². The van der Waals surface area contributed by atoms with E-state index in [1.807, 2.05) is 10.9 Å². The molecule has 0 amide bonds. The van der Waals surface area contributed by atoms with Gasteiger partial charge in [0.1, 0.15) is 5.82 Å². The number of nitrogens with one attached hydrogen (secondary N) is 1. The number of carbonyl (C=O) groups is 1. The summed E-state index contributed by atoms with van der Waals surface area (Å²) < 4.78 is 19.9. The van der Waals surface area contributed by atoms with Gasteiger partial charge in [-0.2, -0.15) is 5.10 Å². The van der Waals surface area contributed by atoms with Crippen molar-refractivity contribution in [2.45, 2.75) is 26.4 Å². The fraction of sp³-hybridized carbons (Fsp3) is 0.333. The highest BCUT2D eigenvalue weighted by Gasteiger charge is 2.12. The molecule has 0 bridgehead atoms. The summed E-state index contributed by atoms with van der Waals surface area (Å²) in [6.45, 7) is 3.39. The largest absolute Gasteiger partial charge is 0.465 e. The molecular formula is C15H18FN3O2. The molecule has 0 atom stereocenters. The van der Waals surface area contributed by atoms with Crippen molar-refractivity contribution in [2.24, 2.45) is 0 Å². The van der Waals surface area contributed by atoms with Crippen LogP contribution in [0.3, 0.4) is 0 Å². The molecule has 1 aromatic carbocycles. The summed E-state index contributed by atoms with van der Waals surface area (Å²) in [5.74, 6) is -0.911. The summed E-state index contributed by atoms with van der Waals surface area (Å²) in [6, 6.07) is 3.92. The number of halogens is 1. The van der Waals surface area contributed by atoms with Crippen LogP contribution in [0.15, 0.2) is 30.6 Å². The second-order valence-electron chi connectivity index (χ2n) is 4.65. The monoisotopic (exact) mass is 291 g/mol. The van der Waals surface area contributed by atoms with Gasteiger partial charge in [-0.1, -0.05) is 6.92 Å². The molecular weight excluding hydrogens is 273 g/mol. The second kappa shape index (κ2) is 6.88. The SMILES string of the molecule is CCCn1cc(CNc2cc(F)ccc2C(=O)OC)cn1. The standard InChI is InChI=1S/C15H18FN3O2/c1-3-6-19-10-11(9-18-19)8-17-14-7-12(16)4-5-13(14)15(20)21-2/h4-5,7,9-10,17H,3,6,8H2,1-2H3. The Morgan fingerprint density at radius 2 is 2.29 bits per heavy atom.